The van der Waals surface area contributed by atoms with Crippen molar-refractivity contribution in [3.63, 3.8) is 0 Å². The fourth-order valence-electron chi connectivity index (χ4n) is 1.29. The SMILES string of the molecule is Cc1cnccc1-c1ncc(CCl)cn1. The third kappa shape index (κ3) is 2.13. The zero-order valence-electron chi connectivity index (χ0n) is 8.31. The van der Waals surface area contributed by atoms with Gasteiger partial charge in [-0.15, -0.1) is 11.6 Å². The van der Waals surface area contributed by atoms with Gasteiger partial charge in [0.05, 0.1) is 5.88 Å². The minimum absolute atomic E-state index is 0.440. The molecule has 0 fully saturated rings. The normalized spacial score (nSPS) is 10.3. The van der Waals surface area contributed by atoms with Crippen molar-refractivity contribution in [1.29, 1.82) is 0 Å². The van der Waals surface area contributed by atoms with Crippen LogP contribution in [0.5, 0.6) is 0 Å². The highest BCUT2D eigenvalue weighted by Crippen LogP contribution is 2.17. The Morgan fingerprint density at radius 3 is 2.53 bits per heavy atom. The van der Waals surface area contributed by atoms with E-state index in [9.17, 15) is 0 Å². The average molecular weight is 220 g/mol. The molecule has 15 heavy (non-hydrogen) atoms. The fourth-order valence-corrected chi connectivity index (χ4v) is 1.43. The Hall–Kier alpha value is -1.48. The summed E-state index contributed by atoms with van der Waals surface area (Å²) in [7, 11) is 0. The first-order valence-electron chi connectivity index (χ1n) is 4.59. The highest BCUT2D eigenvalue weighted by Gasteiger charge is 2.03. The number of aromatic nitrogens is 3. The lowest BCUT2D eigenvalue weighted by atomic mass is 10.1. The summed E-state index contributed by atoms with van der Waals surface area (Å²) in [5.74, 6) is 1.15. The molecule has 0 aliphatic carbocycles. The van der Waals surface area contributed by atoms with Crippen LogP contribution < -0.4 is 0 Å². The molecule has 0 amide bonds. The van der Waals surface area contributed by atoms with Crippen LogP contribution in [-0.4, -0.2) is 15.0 Å². The zero-order valence-corrected chi connectivity index (χ0v) is 9.07. The molecule has 76 valence electrons. The molecule has 4 heteroatoms. The van der Waals surface area contributed by atoms with E-state index in [2.05, 4.69) is 15.0 Å². The van der Waals surface area contributed by atoms with Gasteiger partial charge in [-0.05, 0) is 18.6 Å². The Morgan fingerprint density at radius 1 is 1.20 bits per heavy atom. The zero-order chi connectivity index (χ0) is 10.7. The van der Waals surface area contributed by atoms with E-state index < -0.39 is 0 Å². The van der Waals surface area contributed by atoms with E-state index in [1.54, 1.807) is 24.8 Å². The molecule has 0 aliphatic heterocycles. The van der Waals surface area contributed by atoms with Gasteiger partial charge in [-0.3, -0.25) is 4.98 Å². The third-order valence-electron chi connectivity index (χ3n) is 2.12. The molecule has 0 saturated heterocycles. The fraction of sp³-hybridized carbons (Fsp3) is 0.182. The van der Waals surface area contributed by atoms with Gasteiger partial charge >= 0.3 is 0 Å². The van der Waals surface area contributed by atoms with Gasteiger partial charge in [0, 0.05) is 35.9 Å². The van der Waals surface area contributed by atoms with Gasteiger partial charge in [0.15, 0.2) is 5.82 Å². The van der Waals surface area contributed by atoms with Crippen LogP contribution >= 0.6 is 11.6 Å². The maximum atomic E-state index is 5.67. The van der Waals surface area contributed by atoms with E-state index in [0.29, 0.717) is 11.7 Å². The Balaban J connectivity index is 2.42. The summed E-state index contributed by atoms with van der Waals surface area (Å²) in [4.78, 5) is 12.5. The first-order valence-corrected chi connectivity index (χ1v) is 5.12. The van der Waals surface area contributed by atoms with Crippen LogP contribution in [0.15, 0.2) is 30.9 Å². The molecule has 3 nitrogen and oxygen atoms in total. The standard InChI is InChI=1S/C11H10ClN3/c1-8-5-13-3-2-10(8)11-14-6-9(4-12)7-15-11/h2-3,5-7H,4H2,1H3. The summed E-state index contributed by atoms with van der Waals surface area (Å²) in [5, 5.41) is 0. The maximum absolute atomic E-state index is 5.67. The number of hydrogen-bond donors (Lipinski definition) is 0. The predicted octanol–water partition coefficient (Wildman–Crippen LogP) is 2.59. The third-order valence-corrected chi connectivity index (χ3v) is 2.43. The van der Waals surface area contributed by atoms with Crippen molar-refractivity contribution >= 4 is 11.6 Å². The number of rotatable bonds is 2. The van der Waals surface area contributed by atoms with Crippen molar-refractivity contribution in [1.82, 2.24) is 15.0 Å². The minimum Gasteiger partial charge on any atom is -0.264 e. The molecule has 0 radical (unpaired) electrons. The van der Waals surface area contributed by atoms with Gasteiger partial charge in [-0.2, -0.15) is 0 Å². The number of nitrogens with zero attached hydrogens (tertiary/aromatic N) is 3. The van der Waals surface area contributed by atoms with E-state index in [4.69, 9.17) is 11.6 Å². The molecule has 2 heterocycles. The topological polar surface area (TPSA) is 38.7 Å². The van der Waals surface area contributed by atoms with Crippen LogP contribution in [0.1, 0.15) is 11.1 Å². The van der Waals surface area contributed by atoms with Gasteiger partial charge in [0.2, 0.25) is 0 Å². The summed E-state index contributed by atoms with van der Waals surface area (Å²) < 4.78 is 0. The molecular formula is C11H10ClN3. The van der Waals surface area contributed by atoms with Gasteiger partial charge < -0.3 is 0 Å². The molecule has 0 saturated carbocycles. The van der Waals surface area contributed by atoms with Crippen LogP contribution in [-0.2, 0) is 5.88 Å². The number of halogens is 1. The lowest BCUT2D eigenvalue weighted by Gasteiger charge is -2.03. The molecule has 0 aromatic carbocycles. The van der Waals surface area contributed by atoms with Crippen LogP contribution in [0.4, 0.5) is 0 Å². The van der Waals surface area contributed by atoms with Crippen molar-refractivity contribution in [2.75, 3.05) is 0 Å². The Bertz CT molecular complexity index is 454. The van der Waals surface area contributed by atoms with Crippen LogP contribution in [0.3, 0.4) is 0 Å². The molecule has 0 atom stereocenters. The smallest absolute Gasteiger partial charge is 0.159 e. The largest absolute Gasteiger partial charge is 0.264 e. The Kier molecular flexibility index (Phi) is 2.92. The Labute approximate surface area is 93.2 Å². The molecular weight excluding hydrogens is 210 g/mol. The van der Waals surface area contributed by atoms with Gasteiger partial charge in [0.1, 0.15) is 0 Å². The first kappa shape index (κ1) is 10.1. The highest BCUT2D eigenvalue weighted by molar-refractivity contribution is 6.17. The molecule has 0 N–H and O–H groups in total. The second kappa shape index (κ2) is 4.36. The summed E-state index contributed by atoms with van der Waals surface area (Å²) >= 11 is 5.67. The van der Waals surface area contributed by atoms with Crippen LogP contribution in [0, 0.1) is 6.92 Å². The van der Waals surface area contributed by atoms with Crippen molar-refractivity contribution in [2.45, 2.75) is 12.8 Å². The van der Waals surface area contributed by atoms with Gasteiger partial charge in [-0.25, -0.2) is 9.97 Å². The molecule has 0 spiro atoms. The number of hydrogen-bond acceptors (Lipinski definition) is 3. The molecule has 0 aliphatic rings. The molecule has 2 aromatic rings. The van der Waals surface area contributed by atoms with E-state index in [1.807, 2.05) is 13.0 Å². The number of pyridine rings is 1. The van der Waals surface area contributed by atoms with Gasteiger partial charge in [0.25, 0.3) is 0 Å². The number of alkyl halides is 1. The predicted molar refractivity (Wildman–Crippen MR) is 59.6 cm³/mol. The average Bonchev–Trinajstić information content (AvgIpc) is 2.30. The number of aryl methyl sites for hydroxylation is 1. The maximum Gasteiger partial charge on any atom is 0.159 e. The van der Waals surface area contributed by atoms with E-state index in [-0.39, 0.29) is 0 Å². The molecule has 0 unspecified atom stereocenters. The molecule has 2 aromatic heterocycles. The van der Waals surface area contributed by atoms with E-state index in [0.717, 1.165) is 16.7 Å². The monoisotopic (exact) mass is 219 g/mol. The molecule has 2 rings (SSSR count). The minimum atomic E-state index is 0.440. The summed E-state index contributed by atoms with van der Waals surface area (Å²) in [6.07, 6.45) is 7.03. The highest BCUT2D eigenvalue weighted by atomic mass is 35.5. The lowest BCUT2D eigenvalue weighted by molar-refractivity contribution is 1.11. The van der Waals surface area contributed by atoms with Crippen molar-refractivity contribution in [3.05, 3.63) is 42.0 Å². The summed E-state index contributed by atoms with van der Waals surface area (Å²) in [5.41, 5.74) is 2.99. The van der Waals surface area contributed by atoms with Crippen LogP contribution in [0.25, 0.3) is 11.4 Å². The van der Waals surface area contributed by atoms with Crippen molar-refractivity contribution in [2.24, 2.45) is 0 Å². The van der Waals surface area contributed by atoms with Crippen molar-refractivity contribution in [3.8, 4) is 11.4 Å². The Morgan fingerprint density at radius 2 is 1.93 bits per heavy atom. The quantitative estimate of drug-likeness (QED) is 0.729. The lowest BCUT2D eigenvalue weighted by Crippen LogP contribution is -1.93. The summed E-state index contributed by atoms with van der Waals surface area (Å²) in [6, 6.07) is 1.91. The van der Waals surface area contributed by atoms with E-state index in [1.165, 1.54) is 0 Å². The van der Waals surface area contributed by atoms with Crippen molar-refractivity contribution < 1.29 is 0 Å². The second-order valence-corrected chi connectivity index (χ2v) is 3.51. The first-order chi connectivity index (χ1) is 7.31. The van der Waals surface area contributed by atoms with Gasteiger partial charge in [-0.1, -0.05) is 0 Å². The second-order valence-electron chi connectivity index (χ2n) is 3.24. The van der Waals surface area contributed by atoms with E-state index >= 15 is 0 Å². The van der Waals surface area contributed by atoms with Crippen LogP contribution in [0.2, 0.25) is 0 Å². The molecule has 0 bridgehead atoms. The summed E-state index contributed by atoms with van der Waals surface area (Å²) in [6.45, 7) is 1.99.